The van der Waals surface area contributed by atoms with Crippen molar-refractivity contribution in [3.05, 3.63) is 23.2 Å². The van der Waals surface area contributed by atoms with E-state index in [4.69, 9.17) is 13.9 Å². The van der Waals surface area contributed by atoms with Crippen molar-refractivity contribution in [3.8, 4) is 16.3 Å². The van der Waals surface area contributed by atoms with Gasteiger partial charge in [-0.3, -0.25) is 4.90 Å². The van der Waals surface area contributed by atoms with Crippen LogP contribution in [0.25, 0.3) is 21.7 Å². The molecule has 4 heterocycles. The number of anilines is 1. The third kappa shape index (κ3) is 5.36. The first-order valence-electron chi connectivity index (χ1n) is 12.7. The molecule has 5 rings (SSSR count). The summed E-state index contributed by atoms with van der Waals surface area (Å²) in [4.78, 5) is 37.4. The van der Waals surface area contributed by atoms with Crippen molar-refractivity contribution in [2.75, 3.05) is 24.6 Å². The van der Waals surface area contributed by atoms with Gasteiger partial charge in [0.25, 0.3) is 6.01 Å². The van der Waals surface area contributed by atoms with E-state index in [-0.39, 0.29) is 47.6 Å². The first-order valence-corrected chi connectivity index (χ1v) is 13.6. The number of halogens is 2. The maximum Gasteiger partial charge on any atom is 0.502 e. The van der Waals surface area contributed by atoms with Gasteiger partial charge in [0, 0.05) is 24.2 Å². The van der Waals surface area contributed by atoms with Gasteiger partial charge >= 0.3 is 18.2 Å². The quantitative estimate of drug-likeness (QED) is 0.365. The Morgan fingerprint density at radius 3 is 2.44 bits per heavy atom. The van der Waals surface area contributed by atoms with Crippen LogP contribution in [0.1, 0.15) is 46.2 Å². The van der Waals surface area contributed by atoms with E-state index in [1.807, 2.05) is 38.0 Å². The van der Waals surface area contributed by atoms with Crippen molar-refractivity contribution in [3.63, 3.8) is 0 Å². The molecule has 10 nitrogen and oxygen atoms in total. The van der Waals surface area contributed by atoms with E-state index in [9.17, 15) is 18.4 Å². The second-order valence-corrected chi connectivity index (χ2v) is 11.5. The molecular weight excluding hydrogens is 534 g/mol. The first-order chi connectivity index (χ1) is 18.4. The predicted octanol–water partition coefficient (Wildman–Crippen LogP) is 5.38. The van der Waals surface area contributed by atoms with Crippen molar-refractivity contribution in [1.29, 1.82) is 0 Å². The minimum Gasteiger partial charge on any atom is -0.459 e. The zero-order valence-corrected chi connectivity index (χ0v) is 23.1. The van der Waals surface area contributed by atoms with Crippen LogP contribution >= 0.6 is 11.3 Å². The van der Waals surface area contributed by atoms with Gasteiger partial charge in [0.15, 0.2) is 16.8 Å². The van der Waals surface area contributed by atoms with Crippen LogP contribution in [0.15, 0.2) is 21.9 Å². The molecule has 0 saturated carbocycles. The lowest BCUT2D eigenvalue weighted by molar-refractivity contribution is -0.216. The fourth-order valence-electron chi connectivity index (χ4n) is 4.90. The van der Waals surface area contributed by atoms with Gasteiger partial charge in [-0.15, -0.1) is 11.3 Å². The predicted molar refractivity (Wildman–Crippen MR) is 139 cm³/mol. The van der Waals surface area contributed by atoms with Crippen LogP contribution in [0, 0.1) is 6.92 Å². The number of thiazole rings is 1. The molecule has 2 saturated heterocycles. The van der Waals surface area contributed by atoms with Crippen LogP contribution in [0.4, 0.5) is 19.6 Å². The summed E-state index contributed by atoms with van der Waals surface area (Å²) in [6.45, 7) is 9.40. The number of hydrogen-bond donors (Lipinski definition) is 0. The first kappa shape index (κ1) is 27.1. The molecule has 2 aliphatic rings. The topological polar surface area (TPSA) is 107 Å². The number of fused-ring (bicyclic) bond motifs is 3. The highest BCUT2D eigenvalue weighted by Gasteiger charge is 2.47. The summed E-state index contributed by atoms with van der Waals surface area (Å²) in [6, 6.07) is 2.85. The van der Waals surface area contributed by atoms with Crippen LogP contribution < -0.4 is 9.64 Å². The molecule has 1 aromatic carbocycles. The van der Waals surface area contributed by atoms with E-state index < -0.39 is 17.7 Å². The number of hydrogen-bond acceptors (Lipinski definition) is 10. The molecule has 2 unspecified atom stereocenters. The fraction of sp³-hybridized carbons (Fsp3) is 0.538. The van der Waals surface area contributed by atoms with Crippen LogP contribution in [0.2, 0.25) is 0 Å². The SMILES string of the molecule is CCOC(=O)C(F)(F)Oc1ccc(-c2nc(C)cs2)c2oc(N3CC4CCC(C3)N4C(=O)OC(C)(C)C)nc12. The Bertz CT molecular complexity index is 1390. The number of carbonyl (C=O) groups is 2. The zero-order chi connectivity index (χ0) is 28.1. The number of amides is 1. The van der Waals surface area contributed by atoms with Crippen LogP contribution in [-0.2, 0) is 14.3 Å². The number of aromatic nitrogens is 2. The van der Waals surface area contributed by atoms with Gasteiger partial charge in [0.1, 0.15) is 10.6 Å². The standard InChI is InChI=1S/C26H30F2N4O6S/c1-6-35-22(33)26(27,28)37-18-10-9-17(21-29-14(2)13-39-21)20-19(18)30-23(36-20)31-11-15-7-8-16(12-31)32(15)24(34)38-25(3,4)5/h9-10,13,15-16H,6-8,11-12H2,1-5H3. The molecule has 39 heavy (non-hydrogen) atoms. The average Bonchev–Trinajstić information content (AvgIpc) is 3.54. The fourth-order valence-corrected chi connectivity index (χ4v) is 5.72. The Balaban J connectivity index is 1.49. The van der Waals surface area contributed by atoms with Crippen LogP contribution in [0.5, 0.6) is 5.75 Å². The number of nitrogens with zero attached hydrogens (tertiary/aromatic N) is 4. The summed E-state index contributed by atoms with van der Waals surface area (Å²) in [5, 5.41) is 2.49. The number of esters is 1. The number of piperazine rings is 1. The number of aryl methyl sites for hydroxylation is 1. The zero-order valence-electron chi connectivity index (χ0n) is 22.3. The van der Waals surface area contributed by atoms with Gasteiger partial charge in [-0.2, -0.15) is 13.8 Å². The third-order valence-electron chi connectivity index (χ3n) is 6.45. The molecule has 2 bridgehead atoms. The van der Waals surface area contributed by atoms with Crippen molar-refractivity contribution < 1.29 is 37.0 Å². The highest BCUT2D eigenvalue weighted by Crippen LogP contribution is 2.41. The number of ether oxygens (including phenoxy) is 3. The lowest BCUT2D eigenvalue weighted by Gasteiger charge is -2.40. The molecule has 0 aliphatic carbocycles. The normalized spacial score (nSPS) is 19.5. The molecule has 0 radical (unpaired) electrons. The summed E-state index contributed by atoms with van der Waals surface area (Å²) in [6.07, 6.45) is -2.99. The molecule has 1 amide bonds. The number of oxazole rings is 1. The van der Waals surface area contributed by atoms with Crippen LogP contribution in [0.3, 0.4) is 0 Å². The van der Waals surface area contributed by atoms with E-state index in [2.05, 4.69) is 14.7 Å². The van der Waals surface area contributed by atoms with Crippen LogP contribution in [-0.4, -0.2) is 70.4 Å². The summed E-state index contributed by atoms with van der Waals surface area (Å²) in [5.41, 5.74) is 0.983. The molecule has 2 fully saturated rings. The minimum atomic E-state index is -4.22. The van der Waals surface area contributed by atoms with E-state index in [1.54, 1.807) is 11.0 Å². The molecule has 2 aliphatic heterocycles. The largest absolute Gasteiger partial charge is 0.502 e. The monoisotopic (exact) mass is 564 g/mol. The van der Waals surface area contributed by atoms with Crippen molar-refractivity contribution in [2.24, 2.45) is 0 Å². The average molecular weight is 565 g/mol. The Morgan fingerprint density at radius 2 is 1.85 bits per heavy atom. The summed E-state index contributed by atoms with van der Waals surface area (Å²) >= 11 is 1.38. The maximum atomic E-state index is 14.5. The molecule has 0 N–H and O–H groups in total. The number of benzene rings is 1. The third-order valence-corrected chi connectivity index (χ3v) is 7.45. The van der Waals surface area contributed by atoms with Gasteiger partial charge in [-0.25, -0.2) is 14.6 Å². The number of rotatable bonds is 6. The van der Waals surface area contributed by atoms with Crippen molar-refractivity contribution >= 4 is 40.5 Å². The van der Waals surface area contributed by atoms with Gasteiger partial charge < -0.3 is 23.5 Å². The molecule has 13 heteroatoms. The smallest absolute Gasteiger partial charge is 0.459 e. The van der Waals surface area contributed by atoms with E-state index in [0.717, 1.165) is 18.5 Å². The van der Waals surface area contributed by atoms with Crippen molar-refractivity contribution in [2.45, 2.75) is 71.3 Å². The molecule has 2 atom stereocenters. The van der Waals surface area contributed by atoms with Crippen molar-refractivity contribution in [1.82, 2.24) is 14.9 Å². The van der Waals surface area contributed by atoms with Gasteiger partial charge in [0.2, 0.25) is 0 Å². The van der Waals surface area contributed by atoms with Gasteiger partial charge in [0.05, 0.1) is 24.3 Å². The van der Waals surface area contributed by atoms with Gasteiger partial charge in [-0.1, -0.05) is 0 Å². The highest BCUT2D eigenvalue weighted by molar-refractivity contribution is 7.13. The summed E-state index contributed by atoms with van der Waals surface area (Å²) < 4.78 is 50.1. The maximum absolute atomic E-state index is 14.5. The summed E-state index contributed by atoms with van der Waals surface area (Å²) in [5.74, 6) is -2.12. The molecule has 0 spiro atoms. The lowest BCUT2D eigenvalue weighted by atomic mass is 10.2. The molecule has 3 aromatic rings. The summed E-state index contributed by atoms with van der Waals surface area (Å²) in [7, 11) is 0. The Labute approximate surface area is 227 Å². The second kappa shape index (κ2) is 9.92. The Morgan fingerprint density at radius 1 is 1.15 bits per heavy atom. The number of carbonyl (C=O) groups excluding carboxylic acids is 2. The molecule has 2 aromatic heterocycles. The van der Waals surface area contributed by atoms with Gasteiger partial charge in [-0.05, 0) is 59.6 Å². The Kier molecular flexibility index (Phi) is 6.90. The number of alkyl halides is 2. The lowest BCUT2D eigenvalue weighted by Crippen LogP contribution is -2.56. The Hall–Kier alpha value is -3.48. The highest BCUT2D eigenvalue weighted by atomic mass is 32.1. The minimum absolute atomic E-state index is 0.0289. The van der Waals surface area contributed by atoms with E-state index >= 15 is 0 Å². The molecule has 210 valence electrons. The van der Waals surface area contributed by atoms with E-state index in [1.165, 1.54) is 24.3 Å². The second-order valence-electron chi connectivity index (χ2n) is 10.6. The van der Waals surface area contributed by atoms with E-state index in [0.29, 0.717) is 23.7 Å². The molecular formula is C26H30F2N4O6S.